The Morgan fingerprint density at radius 1 is 1.03 bits per heavy atom. The van der Waals surface area contributed by atoms with Crippen molar-refractivity contribution in [2.24, 2.45) is 5.92 Å². The number of amides is 3. The third-order valence-electron chi connectivity index (χ3n) is 6.09. The van der Waals surface area contributed by atoms with Crippen LogP contribution in [0, 0.1) is 5.92 Å². The van der Waals surface area contributed by atoms with E-state index in [1.54, 1.807) is 0 Å². The number of nitrogens with zero attached hydrogens (tertiary/aromatic N) is 2. The molecule has 6 nitrogen and oxygen atoms in total. The zero-order chi connectivity index (χ0) is 23.4. The first kappa shape index (κ1) is 23.4. The molecule has 1 atom stereocenters. The number of alkyl halides is 2. The summed E-state index contributed by atoms with van der Waals surface area (Å²) in [4.78, 5) is 41.6. The lowest BCUT2D eigenvalue weighted by molar-refractivity contribution is -0.127. The molecule has 2 aromatic carbocycles. The van der Waals surface area contributed by atoms with Crippen LogP contribution >= 0.6 is 11.8 Å². The number of imide groups is 1. The van der Waals surface area contributed by atoms with E-state index in [1.165, 1.54) is 24.3 Å². The van der Waals surface area contributed by atoms with E-state index in [2.05, 4.69) is 5.32 Å². The number of hydrogen-bond donors (Lipinski definition) is 1. The van der Waals surface area contributed by atoms with E-state index in [-0.39, 0.29) is 30.1 Å². The second-order valence-electron chi connectivity index (χ2n) is 8.17. The van der Waals surface area contributed by atoms with E-state index in [9.17, 15) is 23.2 Å². The molecular weight excluding hydrogens is 448 g/mol. The number of rotatable bonds is 7. The molecule has 4 rings (SSSR count). The zero-order valence-electron chi connectivity index (χ0n) is 18.0. The van der Waals surface area contributed by atoms with Gasteiger partial charge in [0, 0.05) is 17.4 Å². The Morgan fingerprint density at radius 2 is 1.70 bits per heavy atom. The van der Waals surface area contributed by atoms with Gasteiger partial charge in [-0.3, -0.25) is 19.3 Å². The molecule has 1 N–H and O–H groups in total. The first-order valence-corrected chi connectivity index (χ1v) is 11.8. The van der Waals surface area contributed by atoms with Gasteiger partial charge in [0.25, 0.3) is 11.7 Å². The maximum absolute atomic E-state index is 13.0. The lowest BCUT2D eigenvalue weighted by atomic mass is 9.94. The number of hydrogen-bond acceptors (Lipinski definition) is 5. The second-order valence-corrected chi connectivity index (χ2v) is 9.24. The molecule has 0 radical (unpaired) electrons. The number of anilines is 1. The zero-order valence-corrected chi connectivity index (χ0v) is 18.8. The minimum atomic E-state index is -2.53. The topological polar surface area (TPSA) is 69.7 Å². The summed E-state index contributed by atoms with van der Waals surface area (Å²) in [6.07, 6.45) is 1.33. The smallest absolute Gasteiger partial charge is 0.288 e. The molecule has 33 heavy (non-hydrogen) atoms. The fourth-order valence-corrected chi connectivity index (χ4v) is 4.85. The van der Waals surface area contributed by atoms with Crippen molar-refractivity contribution in [3.8, 4) is 0 Å². The number of piperidine rings is 1. The third kappa shape index (κ3) is 5.59. The number of nitrogens with one attached hydrogen (secondary N) is 1. The number of carbonyl (C=O) groups is 3. The number of benzene rings is 2. The van der Waals surface area contributed by atoms with Crippen LogP contribution in [0.15, 0.2) is 59.5 Å². The molecule has 0 aromatic heterocycles. The van der Waals surface area contributed by atoms with Gasteiger partial charge in [-0.2, -0.15) is 8.78 Å². The highest BCUT2D eigenvalue weighted by Crippen LogP contribution is 2.31. The van der Waals surface area contributed by atoms with Crippen LogP contribution in [0.1, 0.15) is 24.8 Å². The molecule has 0 aliphatic carbocycles. The molecule has 2 aromatic rings. The minimum absolute atomic E-state index is 0.00992. The molecule has 9 heteroatoms. The highest BCUT2D eigenvalue weighted by atomic mass is 32.2. The van der Waals surface area contributed by atoms with Crippen LogP contribution in [-0.4, -0.2) is 47.5 Å². The van der Waals surface area contributed by atoms with E-state index >= 15 is 0 Å². The van der Waals surface area contributed by atoms with Crippen molar-refractivity contribution in [2.45, 2.75) is 42.5 Å². The minimum Gasteiger partial charge on any atom is -0.352 e. The fourth-order valence-electron chi connectivity index (χ4n) is 4.35. The monoisotopic (exact) mass is 473 g/mol. The lowest BCUT2D eigenvalue weighted by Gasteiger charge is -2.34. The summed E-state index contributed by atoms with van der Waals surface area (Å²) in [6.45, 7) is 1.61. The predicted octanol–water partition coefficient (Wildman–Crippen LogP) is 3.66. The molecule has 2 aliphatic rings. The van der Waals surface area contributed by atoms with Gasteiger partial charge in [-0.25, -0.2) is 4.90 Å². The molecule has 0 spiro atoms. The standard InChI is InChI=1S/C24H25F2N3O3S/c25-24(26)33-19-8-6-18(7-9-19)29-21(30)14-20(23(29)32)28-12-10-17(11-13-28)22(31)27-15-16-4-2-1-3-5-16/h1-9,17,20,24H,10-15H2,(H,27,31)/t20-/m0/s1. The predicted molar refractivity (Wildman–Crippen MR) is 122 cm³/mol. The number of carbonyl (C=O) groups excluding carboxylic acids is 3. The Balaban J connectivity index is 1.31. The number of thioether (sulfide) groups is 1. The largest absolute Gasteiger partial charge is 0.352 e. The average Bonchev–Trinajstić information content (AvgIpc) is 3.12. The quantitative estimate of drug-likeness (QED) is 0.491. The highest BCUT2D eigenvalue weighted by Gasteiger charge is 2.43. The van der Waals surface area contributed by atoms with Crippen molar-refractivity contribution < 1.29 is 23.2 Å². The van der Waals surface area contributed by atoms with Gasteiger partial charge >= 0.3 is 0 Å². The average molecular weight is 474 g/mol. The van der Waals surface area contributed by atoms with Gasteiger partial charge in [0.05, 0.1) is 18.2 Å². The van der Waals surface area contributed by atoms with Crippen molar-refractivity contribution in [3.63, 3.8) is 0 Å². The maximum atomic E-state index is 13.0. The highest BCUT2D eigenvalue weighted by molar-refractivity contribution is 7.99. The number of halogens is 2. The van der Waals surface area contributed by atoms with Crippen molar-refractivity contribution >= 4 is 35.2 Å². The normalized spacial score (nSPS) is 20.0. The lowest BCUT2D eigenvalue weighted by Crippen LogP contribution is -2.48. The summed E-state index contributed by atoms with van der Waals surface area (Å²) in [5.74, 6) is -3.24. The van der Waals surface area contributed by atoms with Crippen LogP contribution in [0.5, 0.6) is 0 Å². The summed E-state index contributed by atoms with van der Waals surface area (Å²) in [5.41, 5.74) is 1.43. The summed E-state index contributed by atoms with van der Waals surface area (Å²) < 4.78 is 25.0. The van der Waals surface area contributed by atoms with Crippen molar-refractivity contribution in [1.29, 1.82) is 0 Å². The Hall–Kier alpha value is -2.78. The maximum Gasteiger partial charge on any atom is 0.288 e. The third-order valence-corrected chi connectivity index (χ3v) is 6.82. The van der Waals surface area contributed by atoms with Crippen LogP contribution in [0.25, 0.3) is 0 Å². The molecule has 2 fully saturated rings. The molecule has 0 bridgehead atoms. The van der Waals surface area contributed by atoms with Gasteiger partial charge < -0.3 is 5.32 Å². The molecule has 174 valence electrons. The van der Waals surface area contributed by atoms with Crippen molar-refractivity contribution in [3.05, 3.63) is 60.2 Å². The van der Waals surface area contributed by atoms with Crippen molar-refractivity contribution in [1.82, 2.24) is 10.2 Å². The van der Waals surface area contributed by atoms with E-state index in [0.717, 1.165) is 10.5 Å². The molecule has 2 saturated heterocycles. The summed E-state index contributed by atoms with van der Waals surface area (Å²) >= 11 is 0.416. The van der Waals surface area contributed by atoms with Crippen LogP contribution in [0.3, 0.4) is 0 Å². The van der Waals surface area contributed by atoms with Gasteiger partial charge in [0.2, 0.25) is 11.8 Å². The summed E-state index contributed by atoms with van der Waals surface area (Å²) in [6, 6.07) is 15.2. The Labute approximate surface area is 195 Å². The molecule has 2 aliphatic heterocycles. The summed E-state index contributed by atoms with van der Waals surface area (Å²) in [7, 11) is 0. The van der Waals surface area contributed by atoms with Gasteiger partial charge in [-0.05, 0) is 55.8 Å². The molecular formula is C24H25F2N3O3S. The van der Waals surface area contributed by atoms with Crippen LogP contribution in [0.2, 0.25) is 0 Å². The van der Waals surface area contributed by atoms with Gasteiger partial charge in [0.15, 0.2) is 0 Å². The van der Waals surface area contributed by atoms with Crippen LogP contribution in [-0.2, 0) is 20.9 Å². The van der Waals surface area contributed by atoms with Crippen molar-refractivity contribution in [2.75, 3.05) is 18.0 Å². The SMILES string of the molecule is O=C(NCc1ccccc1)C1CCN([C@H]2CC(=O)N(c3ccc(SC(F)F)cc3)C2=O)CC1. The Kier molecular flexibility index (Phi) is 7.39. The Bertz CT molecular complexity index is 996. The molecule has 0 unspecified atom stereocenters. The first-order chi connectivity index (χ1) is 15.9. The van der Waals surface area contributed by atoms with Gasteiger partial charge in [-0.1, -0.05) is 42.1 Å². The van der Waals surface area contributed by atoms with E-state index in [1.807, 2.05) is 35.2 Å². The Morgan fingerprint density at radius 3 is 2.33 bits per heavy atom. The molecule has 3 amide bonds. The molecule has 0 saturated carbocycles. The number of likely N-dealkylation sites (tertiary alicyclic amines) is 1. The van der Waals surface area contributed by atoms with Crippen LogP contribution < -0.4 is 10.2 Å². The van der Waals surface area contributed by atoms with Gasteiger partial charge in [-0.15, -0.1) is 0 Å². The fraction of sp³-hybridized carbons (Fsp3) is 0.375. The van der Waals surface area contributed by atoms with E-state index < -0.39 is 11.8 Å². The first-order valence-electron chi connectivity index (χ1n) is 10.9. The van der Waals surface area contributed by atoms with Crippen LogP contribution in [0.4, 0.5) is 14.5 Å². The molecule has 2 heterocycles. The summed E-state index contributed by atoms with van der Waals surface area (Å²) in [5, 5.41) is 2.98. The van der Waals surface area contributed by atoms with Gasteiger partial charge in [0.1, 0.15) is 0 Å². The van der Waals surface area contributed by atoms with E-state index in [4.69, 9.17) is 0 Å². The van der Waals surface area contributed by atoms with E-state index in [0.29, 0.717) is 54.8 Å². The second kappa shape index (κ2) is 10.4.